The van der Waals surface area contributed by atoms with Crippen LogP contribution in [0.4, 0.5) is 0 Å². The fraction of sp³-hybridized carbons (Fsp3) is 0.545. The first-order valence-corrected chi connectivity index (χ1v) is 11.2. The maximum absolute atomic E-state index is 6.05. The third kappa shape index (κ3) is 8.13. The molecular weight excluding hydrogens is 511 g/mol. The van der Waals surface area contributed by atoms with E-state index in [0.29, 0.717) is 19.3 Å². The molecule has 6 nitrogen and oxygen atoms in total. The molecule has 30 heavy (non-hydrogen) atoms. The number of aliphatic imine (C=N–C) groups is 1. The highest BCUT2D eigenvalue weighted by Crippen LogP contribution is 2.15. The summed E-state index contributed by atoms with van der Waals surface area (Å²) >= 11 is 1.68. The van der Waals surface area contributed by atoms with Gasteiger partial charge in [0.2, 0.25) is 0 Å². The van der Waals surface area contributed by atoms with Crippen LogP contribution in [-0.4, -0.2) is 48.8 Å². The predicted octanol–water partition coefficient (Wildman–Crippen LogP) is 4.36. The third-order valence-electron chi connectivity index (χ3n) is 4.82. The molecule has 1 fully saturated rings. The highest BCUT2D eigenvalue weighted by atomic mass is 127. The number of ether oxygens (including phenoxy) is 2. The number of nitrogens with one attached hydrogen (secondary N) is 1. The van der Waals surface area contributed by atoms with Crippen LogP contribution in [0.5, 0.6) is 0 Å². The van der Waals surface area contributed by atoms with Crippen LogP contribution in [-0.2, 0) is 29.2 Å². The monoisotopic (exact) mass is 544 g/mol. The Labute approximate surface area is 201 Å². The fourth-order valence-electron chi connectivity index (χ4n) is 3.31. The molecule has 1 aliphatic rings. The summed E-state index contributed by atoms with van der Waals surface area (Å²) in [5.74, 6) is 0.891. The van der Waals surface area contributed by atoms with Crippen LogP contribution in [0.2, 0.25) is 0 Å². The molecule has 1 aromatic carbocycles. The van der Waals surface area contributed by atoms with Crippen molar-refractivity contribution in [2.45, 2.75) is 52.5 Å². The highest BCUT2D eigenvalue weighted by molar-refractivity contribution is 14.0. The lowest BCUT2D eigenvalue weighted by molar-refractivity contribution is -0.0390. The average Bonchev–Trinajstić information content (AvgIpc) is 3.15. The van der Waals surface area contributed by atoms with Crippen LogP contribution in [0.25, 0.3) is 0 Å². The van der Waals surface area contributed by atoms with Gasteiger partial charge in [-0.3, -0.25) is 0 Å². The summed E-state index contributed by atoms with van der Waals surface area (Å²) in [4.78, 5) is 11.5. The van der Waals surface area contributed by atoms with E-state index in [0.717, 1.165) is 55.8 Å². The highest BCUT2D eigenvalue weighted by Gasteiger charge is 2.14. The molecule has 1 aliphatic heterocycles. The number of halogens is 1. The number of thiazole rings is 1. The number of guanidine groups is 1. The Morgan fingerprint density at radius 3 is 2.80 bits per heavy atom. The second kappa shape index (κ2) is 13.2. The van der Waals surface area contributed by atoms with Crippen LogP contribution in [0, 0.1) is 6.92 Å². The zero-order valence-corrected chi connectivity index (χ0v) is 21.2. The zero-order valence-electron chi connectivity index (χ0n) is 18.1. The Balaban J connectivity index is 0.00000320. The van der Waals surface area contributed by atoms with E-state index in [1.165, 1.54) is 11.1 Å². The molecule has 0 amide bonds. The second-order valence-electron chi connectivity index (χ2n) is 7.33. The van der Waals surface area contributed by atoms with Gasteiger partial charge in [-0.15, -0.1) is 35.3 Å². The van der Waals surface area contributed by atoms with Gasteiger partial charge in [0.25, 0.3) is 0 Å². The van der Waals surface area contributed by atoms with Gasteiger partial charge in [-0.2, -0.15) is 0 Å². The first-order valence-electron chi connectivity index (χ1n) is 10.3. The van der Waals surface area contributed by atoms with Gasteiger partial charge in [-0.1, -0.05) is 24.3 Å². The first-order chi connectivity index (χ1) is 14.1. The molecule has 0 unspecified atom stereocenters. The van der Waals surface area contributed by atoms with Crippen LogP contribution in [0.3, 0.4) is 0 Å². The summed E-state index contributed by atoms with van der Waals surface area (Å²) in [5, 5.41) is 6.58. The maximum atomic E-state index is 6.05. The molecule has 2 heterocycles. The van der Waals surface area contributed by atoms with Gasteiger partial charge in [0, 0.05) is 32.2 Å². The number of nitrogens with zero attached hydrogens (tertiary/aromatic N) is 3. The quantitative estimate of drug-likeness (QED) is 0.304. The largest absolute Gasteiger partial charge is 0.381 e. The van der Waals surface area contributed by atoms with Crippen LogP contribution in [0.1, 0.15) is 41.6 Å². The van der Waals surface area contributed by atoms with Crippen molar-refractivity contribution in [3.63, 3.8) is 0 Å². The van der Waals surface area contributed by atoms with Gasteiger partial charge in [0.05, 0.1) is 36.5 Å². The van der Waals surface area contributed by atoms with Crippen LogP contribution >= 0.6 is 35.3 Å². The Bertz CT molecular complexity index is 793. The summed E-state index contributed by atoms with van der Waals surface area (Å²) in [6.07, 6.45) is 2.29. The van der Waals surface area contributed by atoms with Gasteiger partial charge in [0.15, 0.2) is 5.96 Å². The first kappa shape index (κ1) is 25.0. The Morgan fingerprint density at radius 1 is 1.33 bits per heavy atom. The minimum atomic E-state index is 0. The summed E-state index contributed by atoms with van der Waals surface area (Å²) in [6, 6.07) is 8.52. The minimum Gasteiger partial charge on any atom is -0.381 e. The van der Waals surface area contributed by atoms with E-state index >= 15 is 0 Å². The molecule has 0 bridgehead atoms. The average molecular weight is 545 g/mol. The van der Waals surface area contributed by atoms with Crippen LogP contribution in [0.15, 0.2) is 34.6 Å². The molecule has 0 spiro atoms. The molecule has 1 N–H and O–H groups in total. The molecule has 0 aliphatic carbocycles. The van der Waals surface area contributed by atoms with Gasteiger partial charge in [-0.05, 0) is 37.8 Å². The van der Waals surface area contributed by atoms with Crippen molar-refractivity contribution in [3.05, 3.63) is 51.5 Å². The minimum absolute atomic E-state index is 0. The molecule has 2 aromatic rings. The summed E-state index contributed by atoms with van der Waals surface area (Å²) < 4.78 is 11.4. The molecule has 8 heteroatoms. The number of hydrogen-bond acceptors (Lipinski definition) is 5. The lowest BCUT2D eigenvalue weighted by Crippen LogP contribution is -2.38. The normalized spacial score (nSPS) is 15.0. The summed E-state index contributed by atoms with van der Waals surface area (Å²) in [6.45, 7) is 8.59. The van der Waals surface area contributed by atoms with Gasteiger partial charge in [-0.25, -0.2) is 9.98 Å². The molecule has 1 saturated heterocycles. The summed E-state index contributed by atoms with van der Waals surface area (Å²) in [7, 11) is 2.05. The van der Waals surface area contributed by atoms with Crippen LogP contribution < -0.4 is 5.32 Å². The van der Waals surface area contributed by atoms with E-state index in [1.54, 1.807) is 11.3 Å². The number of aromatic nitrogens is 1. The van der Waals surface area contributed by atoms with Crippen molar-refractivity contribution in [3.8, 4) is 0 Å². The molecule has 166 valence electrons. The molecular formula is C22H33IN4O2S. The number of rotatable bonds is 8. The standard InChI is InChI=1S/C22H32N4O2S.HI/c1-4-23-22(26(3)14-20-16-29-17(2)25-20)24-13-18-6-5-7-19(12-18)15-28-21-8-10-27-11-9-21;/h5-7,12,16,21H,4,8-11,13-15H2,1-3H3,(H,23,24);1H. The van der Waals surface area contributed by atoms with Crippen molar-refractivity contribution in [1.82, 2.24) is 15.2 Å². The lowest BCUT2D eigenvalue weighted by Gasteiger charge is -2.22. The Kier molecular flexibility index (Phi) is 11.0. The zero-order chi connectivity index (χ0) is 20.5. The number of hydrogen-bond donors (Lipinski definition) is 1. The predicted molar refractivity (Wildman–Crippen MR) is 134 cm³/mol. The van der Waals surface area contributed by atoms with Crippen molar-refractivity contribution in [2.75, 3.05) is 26.8 Å². The van der Waals surface area contributed by atoms with E-state index in [1.807, 2.05) is 14.0 Å². The van der Waals surface area contributed by atoms with E-state index in [4.69, 9.17) is 14.5 Å². The third-order valence-corrected chi connectivity index (χ3v) is 5.64. The maximum Gasteiger partial charge on any atom is 0.194 e. The van der Waals surface area contributed by atoms with Gasteiger partial charge < -0.3 is 19.7 Å². The van der Waals surface area contributed by atoms with E-state index in [9.17, 15) is 0 Å². The fourth-order valence-corrected chi connectivity index (χ4v) is 3.91. The molecule has 0 saturated carbocycles. The van der Waals surface area contributed by atoms with Crippen molar-refractivity contribution in [1.29, 1.82) is 0 Å². The number of aryl methyl sites for hydroxylation is 1. The SMILES string of the molecule is CCNC(=NCc1cccc(COC2CCOCC2)c1)N(C)Cc1csc(C)n1.I. The number of benzene rings is 1. The van der Waals surface area contributed by atoms with Crippen molar-refractivity contribution in [2.24, 2.45) is 4.99 Å². The molecule has 3 rings (SSSR count). The molecule has 1 aromatic heterocycles. The second-order valence-corrected chi connectivity index (χ2v) is 8.39. The topological polar surface area (TPSA) is 59.0 Å². The summed E-state index contributed by atoms with van der Waals surface area (Å²) in [5.41, 5.74) is 3.46. The Morgan fingerprint density at radius 2 is 2.10 bits per heavy atom. The molecule has 0 atom stereocenters. The molecule has 0 radical (unpaired) electrons. The van der Waals surface area contributed by atoms with Crippen molar-refractivity contribution >= 4 is 41.3 Å². The van der Waals surface area contributed by atoms with Crippen molar-refractivity contribution < 1.29 is 9.47 Å². The van der Waals surface area contributed by atoms with E-state index < -0.39 is 0 Å². The van der Waals surface area contributed by atoms with E-state index in [-0.39, 0.29) is 24.0 Å². The smallest absolute Gasteiger partial charge is 0.194 e. The Hall–Kier alpha value is -1.23. The van der Waals surface area contributed by atoms with E-state index in [2.05, 4.69) is 51.8 Å². The van der Waals surface area contributed by atoms with Gasteiger partial charge >= 0.3 is 0 Å². The lowest BCUT2D eigenvalue weighted by atomic mass is 10.1. The van der Waals surface area contributed by atoms with Gasteiger partial charge in [0.1, 0.15) is 0 Å².